The topological polar surface area (TPSA) is 38.9 Å². The highest BCUT2D eigenvalue weighted by Crippen LogP contribution is 2.34. The number of anilines is 1. The summed E-state index contributed by atoms with van der Waals surface area (Å²) in [6.45, 7) is 1.93. The van der Waals surface area contributed by atoms with Crippen molar-refractivity contribution in [1.82, 2.24) is 4.98 Å². The summed E-state index contributed by atoms with van der Waals surface area (Å²) in [7, 11) is 0. The summed E-state index contributed by atoms with van der Waals surface area (Å²) < 4.78 is 0. The minimum absolute atomic E-state index is 0.530. The molecule has 0 atom stereocenters. The van der Waals surface area contributed by atoms with Gasteiger partial charge in [0.1, 0.15) is 5.03 Å². The number of nitrogen functional groups attached to an aromatic ring is 1. The molecule has 88 valence electrons. The first-order valence-corrected chi connectivity index (χ1v) is 6.49. The van der Waals surface area contributed by atoms with Gasteiger partial charge in [0, 0.05) is 10.6 Å². The summed E-state index contributed by atoms with van der Waals surface area (Å²) in [5.74, 6) is 0. The van der Waals surface area contributed by atoms with E-state index in [1.165, 1.54) is 11.8 Å². The summed E-state index contributed by atoms with van der Waals surface area (Å²) >= 11 is 13.3. The average molecular weight is 285 g/mol. The minimum Gasteiger partial charge on any atom is -0.397 e. The Labute approximate surface area is 114 Å². The molecule has 0 aliphatic carbocycles. The van der Waals surface area contributed by atoms with Crippen LogP contribution in [0.2, 0.25) is 10.0 Å². The van der Waals surface area contributed by atoms with Crippen molar-refractivity contribution >= 4 is 40.7 Å². The normalized spacial score (nSPS) is 10.5. The van der Waals surface area contributed by atoms with E-state index in [0.717, 1.165) is 15.6 Å². The van der Waals surface area contributed by atoms with Crippen LogP contribution in [0.1, 0.15) is 5.69 Å². The molecule has 2 aromatic rings. The number of benzene rings is 1. The fourth-order valence-electron chi connectivity index (χ4n) is 1.28. The molecule has 2 rings (SSSR count). The van der Waals surface area contributed by atoms with Gasteiger partial charge in [-0.3, -0.25) is 0 Å². The lowest BCUT2D eigenvalue weighted by atomic mass is 10.3. The maximum absolute atomic E-state index is 5.95. The molecule has 1 aromatic carbocycles. The molecule has 0 bridgehead atoms. The Hall–Kier alpha value is -0.900. The third-order valence-corrected chi connectivity index (χ3v) is 3.88. The van der Waals surface area contributed by atoms with Crippen molar-refractivity contribution in [1.29, 1.82) is 0 Å². The van der Waals surface area contributed by atoms with Gasteiger partial charge < -0.3 is 5.73 Å². The smallest absolute Gasteiger partial charge is 0.124 e. The number of aryl methyl sites for hydroxylation is 1. The molecule has 0 unspecified atom stereocenters. The fraction of sp³-hybridized carbons (Fsp3) is 0.0833. The van der Waals surface area contributed by atoms with Crippen LogP contribution in [0.15, 0.2) is 40.3 Å². The lowest BCUT2D eigenvalue weighted by Crippen LogP contribution is -1.93. The molecule has 1 aromatic heterocycles. The fourth-order valence-corrected chi connectivity index (χ4v) is 2.55. The summed E-state index contributed by atoms with van der Waals surface area (Å²) in [6, 6.07) is 9.19. The van der Waals surface area contributed by atoms with Crippen LogP contribution >= 0.6 is 35.0 Å². The van der Waals surface area contributed by atoms with Gasteiger partial charge in [-0.1, -0.05) is 35.0 Å². The lowest BCUT2D eigenvalue weighted by Gasteiger charge is -2.06. The van der Waals surface area contributed by atoms with Crippen LogP contribution in [0.25, 0.3) is 0 Å². The molecule has 0 fully saturated rings. The Kier molecular flexibility index (Phi) is 3.82. The number of hydrogen-bond donors (Lipinski definition) is 1. The number of pyridine rings is 1. The summed E-state index contributed by atoms with van der Waals surface area (Å²) in [5.41, 5.74) is 7.45. The zero-order valence-corrected chi connectivity index (χ0v) is 11.4. The molecule has 0 amide bonds. The number of nitrogens with two attached hydrogens (primary N) is 1. The summed E-state index contributed by atoms with van der Waals surface area (Å²) in [5, 5.41) is 1.85. The molecule has 0 radical (unpaired) electrons. The molecule has 0 spiro atoms. The molecular weight excluding hydrogens is 275 g/mol. The van der Waals surface area contributed by atoms with Gasteiger partial charge in [0.05, 0.1) is 15.7 Å². The molecular formula is C12H10Cl2N2S. The first-order valence-electron chi connectivity index (χ1n) is 4.92. The van der Waals surface area contributed by atoms with Gasteiger partial charge in [-0.2, -0.15) is 0 Å². The zero-order chi connectivity index (χ0) is 12.4. The first-order chi connectivity index (χ1) is 8.06. The second kappa shape index (κ2) is 5.17. The predicted molar refractivity (Wildman–Crippen MR) is 74.0 cm³/mol. The van der Waals surface area contributed by atoms with Crippen molar-refractivity contribution < 1.29 is 0 Å². The third kappa shape index (κ3) is 3.06. The second-order valence-electron chi connectivity index (χ2n) is 3.52. The van der Waals surface area contributed by atoms with Crippen molar-refractivity contribution in [3.63, 3.8) is 0 Å². The van der Waals surface area contributed by atoms with Crippen molar-refractivity contribution in [2.75, 3.05) is 5.73 Å². The number of aromatic nitrogens is 1. The molecule has 0 saturated heterocycles. The summed E-state index contributed by atoms with van der Waals surface area (Å²) in [6.07, 6.45) is 0. The van der Waals surface area contributed by atoms with Gasteiger partial charge in [0.2, 0.25) is 0 Å². The van der Waals surface area contributed by atoms with Crippen molar-refractivity contribution in [2.45, 2.75) is 16.8 Å². The molecule has 1 heterocycles. The van der Waals surface area contributed by atoms with E-state index in [9.17, 15) is 0 Å². The Morgan fingerprint density at radius 2 is 1.88 bits per heavy atom. The highest BCUT2D eigenvalue weighted by atomic mass is 35.5. The SMILES string of the molecule is Cc1ccc(N)c(Sc2ccc(Cl)c(Cl)c2)n1. The van der Waals surface area contributed by atoms with Gasteiger partial charge in [0.15, 0.2) is 0 Å². The Balaban J connectivity index is 2.31. The van der Waals surface area contributed by atoms with Crippen LogP contribution in [-0.2, 0) is 0 Å². The maximum Gasteiger partial charge on any atom is 0.124 e. The molecule has 5 heteroatoms. The van der Waals surface area contributed by atoms with E-state index >= 15 is 0 Å². The Bertz CT molecular complexity index is 558. The van der Waals surface area contributed by atoms with E-state index in [1.54, 1.807) is 12.1 Å². The van der Waals surface area contributed by atoms with E-state index in [2.05, 4.69) is 4.98 Å². The standard InChI is InChI=1S/C12H10Cl2N2S/c1-7-2-5-11(15)12(16-7)17-8-3-4-9(13)10(14)6-8/h2-6H,15H2,1H3. The van der Waals surface area contributed by atoms with Crippen LogP contribution in [0.4, 0.5) is 5.69 Å². The summed E-state index contributed by atoms with van der Waals surface area (Å²) in [4.78, 5) is 5.34. The number of halogens is 2. The average Bonchev–Trinajstić information content (AvgIpc) is 2.29. The molecule has 2 nitrogen and oxygen atoms in total. The van der Waals surface area contributed by atoms with E-state index in [-0.39, 0.29) is 0 Å². The lowest BCUT2D eigenvalue weighted by molar-refractivity contribution is 1.07. The highest BCUT2D eigenvalue weighted by molar-refractivity contribution is 7.99. The van der Waals surface area contributed by atoms with Crippen LogP contribution in [0.5, 0.6) is 0 Å². The monoisotopic (exact) mass is 284 g/mol. The number of rotatable bonds is 2. The minimum atomic E-state index is 0.530. The number of hydrogen-bond acceptors (Lipinski definition) is 3. The van der Waals surface area contributed by atoms with Gasteiger partial charge in [0.25, 0.3) is 0 Å². The molecule has 2 N–H and O–H groups in total. The van der Waals surface area contributed by atoms with Crippen LogP contribution in [-0.4, -0.2) is 4.98 Å². The van der Waals surface area contributed by atoms with Crippen molar-refractivity contribution in [3.05, 3.63) is 46.1 Å². The van der Waals surface area contributed by atoms with Gasteiger partial charge in [-0.15, -0.1) is 0 Å². The van der Waals surface area contributed by atoms with E-state index in [1.807, 2.05) is 25.1 Å². The zero-order valence-electron chi connectivity index (χ0n) is 9.08. The van der Waals surface area contributed by atoms with E-state index in [4.69, 9.17) is 28.9 Å². The van der Waals surface area contributed by atoms with Crippen LogP contribution < -0.4 is 5.73 Å². The number of nitrogens with zero attached hydrogens (tertiary/aromatic N) is 1. The molecule has 0 aliphatic rings. The van der Waals surface area contributed by atoms with Gasteiger partial charge in [-0.05, 0) is 37.3 Å². The third-order valence-electron chi connectivity index (χ3n) is 2.13. The largest absolute Gasteiger partial charge is 0.397 e. The highest BCUT2D eigenvalue weighted by Gasteiger charge is 2.06. The Morgan fingerprint density at radius 3 is 2.59 bits per heavy atom. The predicted octanol–water partition coefficient (Wildman–Crippen LogP) is 4.43. The molecule has 0 saturated carbocycles. The van der Waals surface area contributed by atoms with Crippen molar-refractivity contribution in [3.8, 4) is 0 Å². The first kappa shape index (κ1) is 12.6. The van der Waals surface area contributed by atoms with E-state index in [0.29, 0.717) is 15.7 Å². The van der Waals surface area contributed by atoms with Crippen LogP contribution in [0.3, 0.4) is 0 Å². The molecule has 17 heavy (non-hydrogen) atoms. The van der Waals surface area contributed by atoms with Gasteiger partial charge in [-0.25, -0.2) is 4.98 Å². The second-order valence-corrected chi connectivity index (χ2v) is 5.40. The maximum atomic E-state index is 5.95. The van der Waals surface area contributed by atoms with Gasteiger partial charge >= 0.3 is 0 Å². The quantitative estimate of drug-likeness (QED) is 0.887. The Morgan fingerprint density at radius 1 is 1.12 bits per heavy atom. The molecule has 0 aliphatic heterocycles. The van der Waals surface area contributed by atoms with Crippen LogP contribution in [0, 0.1) is 6.92 Å². The van der Waals surface area contributed by atoms with E-state index < -0.39 is 0 Å². The van der Waals surface area contributed by atoms with Crippen molar-refractivity contribution in [2.24, 2.45) is 0 Å².